The largest absolute Gasteiger partial charge is 0.334 e. The van der Waals surface area contributed by atoms with Crippen LogP contribution in [-0.2, 0) is 0 Å². The van der Waals surface area contributed by atoms with Crippen molar-refractivity contribution < 1.29 is 4.79 Å². The molecule has 0 saturated carbocycles. The number of hydrogen-bond acceptors (Lipinski definition) is 2. The summed E-state index contributed by atoms with van der Waals surface area (Å²) in [6.45, 7) is 4.85. The maximum absolute atomic E-state index is 12.8. The van der Waals surface area contributed by atoms with Gasteiger partial charge in [-0.25, -0.2) is 0 Å². The van der Waals surface area contributed by atoms with Crippen LogP contribution in [0.3, 0.4) is 0 Å². The van der Waals surface area contributed by atoms with Crippen LogP contribution in [0.15, 0.2) is 29.6 Å². The minimum Gasteiger partial charge on any atom is -0.334 e. The Morgan fingerprint density at radius 3 is 2.65 bits per heavy atom. The van der Waals surface area contributed by atoms with Crippen molar-refractivity contribution in [2.24, 2.45) is 0 Å². The van der Waals surface area contributed by atoms with Crippen molar-refractivity contribution >= 4 is 38.9 Å². The Morgan fingerprint density at radius 1 is 1.30 bits per heavy atom. The predicted octanol–water partition coefficient (Wildman–Crippen LogP) is 4.77. The summed E-state index contributed by atoms with van der Waals surface area (Å²) in [5, 5.41) is 3.02. The number of alkyl halides is 1. The van der Waals surface area contributed by atoms with E-state index in [-0.39, 0.29) is 11.9 Å². The Hall–Kier alpha value is -1.06. The number of carbonyl (C=O) groups is 1. The quantitative estimate of drug-likeness (QED) is 0.704. The lowest BCUT2D eigenvalue weighted by molar-refractivity contribution is 0.0684. The van der Waals surface area contributed by atoms with Crippen molar-refractivity contribution in [3.05, 3.63) is 35.2 Å². The van der Waals surface area contributed by atoms with Gasteiger partial charge >= 0.3 is 0 Å². The number of carbonyl (C=O) groups excluding carboxylic acids is 1. The number of thiophene rings is 1. The molecule has 1 amide bonds. The maximum atomic E-state index is 12.8. The molecule has 0 fully saturated rings. The minimum absolute atomic E-state index is 0.108. The van der Waals surface area contributed by atoms with E-state index in [1.807, 2.05) is 28.5 Å². The molecule has 4 heteroatoms. The number of nitrogens with zero attached hydrogens (tertiary/aromatic N) is 1. The molecular formula is C16H20ClNOS. The molecule has 0 aliphatic carbocycles. The number of amides is 1. The Balaban J connectivity index is 2.36. The first-order chi connectivity index (χ1) is 9.72. The SMILES string of the molecule is CCC(CC)N(CCCl)C(=O)c1csc2ccccc12. The molecule has 0 N–H and O–H groups in total. The average molecular weight is 310 g/mol. The van der Waals surface area contributed by atoms with Crippen molar-refractivity contribution in [1.29, 1.82) is 0 Å². The van der Waals surface area contributed by atoms with Crippen LogP contribution in [0.1, 0.15) is 37.0 Å². The molecule has 1 aromatic heterocycles. The Morgan fingerprint density at radius 2 is 2.00 bits per heavy atom. The predicted molar refractivity (Wildman–Crippen MR) is 88.0 cm³/mol. The molecule has 0 aliphatic rings. The second kappa shape index (κ2) is 7.09. The van der Waals surface area contributed by atoms with Crippen LogP contribution >= 0.6 is 22.9 Å². The van der Waals surface area contributed by atoms with Crippen LogP contribution in [0.5, 0.6) is 0 Å². The summed E-state index contributed by atoms with van der Waals surface area (Å²) in [5.74, 6) is 0.585. The van der Waals surface area contributed by atoms with Gasteiger partial charge in [-0.15, -0.1) is 22.9 Å². The van der Waals surface area contributed by atoms with Gasteiger partial charge in [-0.2, -0.15) is 0 Å². The Bertz CT molecular complexity index is 577. The van der Waals surface area contributed by atoms with Gasteiger partial charge in [0.1, 0.15) is 0 Å². The second-order valence-electron chi connectivity index (χ2n) is 4.80. The number of benzene rings is 1. The standard InChI is InChI=1S/C16H20ClNOS/c1-3-12(4-2)18(10-9-17)16(19)14-11-20-15-8-6-5-7-13(14)15/h5-8,11-12H,3-4,9-10H2,1-2H3. The Labute approximate surface area is 129 Å². The minimum atomic E-state index is 0.108. The van der Waals surface area contributed by atoms with Gasteiger partial charge in [-0.3, -0.25) is 4.79 Å². The third-order valence-corrected chi connectivity index (χ3v) is 4.81. The zero-order valence-corrected chi connectivity index (χ0v) is 13.5. The summed E-state index contributed by atoms with van der Waals surface area (Å²) >= 11 is 7.51. The number of fused-ring (bicyclic) bond motifs is 1. The first kappa shape index (κ1) is 15.3. The highest BCUT2D eigenvalue weighted by atomic mass is 35.5. The fraction of sp³-hybridized carbons (Fsp3) is 0.438. The van der Waals surface area contributed by atoms with E-state index in [0.29, 0.717) is 12.4 Å². The van der Waals surface area contributed by atoms with E-state index >= 15 is 0 Å². The van der Waals surface area contributed by atoms with E-state index in [0.717, 1.165) is 28.5 Å². The van der Waals surface area contributed by atoms with Crippen LogP contribution in [-0.4, -0.2) is 29.3 Å². The van der Waals surface area contributed by atoms with Gasteiger partial charge in [0.2, 0.25) is 0 Å². The van der Waals surface area contributed by atoms with Crippen LogP contribution in [0.2, 0.25) is 0 Å². The van der Waals surface area contributed by atoms with Gasteiger partial charge in [-0.05, 0) is 18.9 Å². The molecule has 0 spiro atoms. The lowest BCUT2D eigenvalue weighted by atomic mass is 10.1. The first-order valence-corrected chi connectivity index (χ1v) is 8.47. The van der Waals surface area contributed by atoms with E-state index in [9.17, 15) is 4.79 Å². The number of rotatable bonds is 6. The summed E-state index contributed by atoms with van der Waals surface area (Å²) in [5.41, 5.74) is 0.808. The molecule has 108 valence electrons. The van der Waals surface area contributed by atoms with Gasteiger partial charge in [0, 0.05) is 33.9 Å². The number of halogens is 1. The lowest BCUT2D eigenvalue weighted by Gasteiger charge is -2.30. The van der Waals surface area contributed by atoms with Gasteiger partial charge in [0.25, 0.3) is 5.91 Å². The van der Waals surface area contributed by atoms with Crippen LogP contribution in [0.25, 0.3) is 10.1 Å². The average Bonchev–Trinajstić information content (AvgIpc) is 2.91. The molecule has 0 aliphatic heterocycles. The molecule has 2 rings (SSSR count). The maximum Gasteiger partial charge on any atom is 0.255 e. The van der Waals surface area contributed by atoms with Crippen LogP contribution in [0.4, 0.5) is 0 Å². The van der Waals surface area contributed by atoms with Gasteiger partial charge in [-0.1, -0.05) is 32.0 Å². The van der Waals surface area contributed by atoms with E-state index in [1.54, 1.807) is 11.3 Å². The zero-order valence-electron chi connectivity index (χ0n) is 11.9. The van der Waals surface area contributed by atoms with Crippen molar-refractivity contribution in [3.63, 3.8) is 0 Å². The fourth-order valence-electron chi connectivity index (χ4n) is 2.57. The highest BCUT2D eigenvalue weighted by Gasteiger charge is 2.23. The summed E-state index contributed by atoms with van der Waals surface area (Å²) in [7, 11) is 0. The van der Waals surface area contributed by atoms with Gasteiger partial charge < -0.3 is 4.90 Å². The van der Waals surface area contributed by atoms with Crippen molar-refractivity contribution in [2.75, 3.05) is 12.4 Å². The van der Waals surface area contributed by atoms with Crippen LogP contribution < -0.4 is 0 Å². The monoisotopic (exact) mass is 309 g/mol. The van der Waals surface area contributed by atoms with E-state index in [4.69, 9.17) is 11.6 Å². The smallest absolute Gasteiger partial charge is 0.255 e. The topological polar surface area (TPSA) is 20.3 Å². The molecule has 0 saturated heterocycles. The third-order valence-electron chi connectivity index (χ3n) is 3.68. The Kier molecular flexibility index (Phi) is 5.44. The normalized spacial score (nSPS) is 11.2. The zero-order chi connectivity index (χ0) is 14.5. The fourth-order valence-corrected chi connectivity index (χ4v) is 3.69. The van der Waals surface area contributed by atoms with E-state index in [1.165, 1.54) is 0 Å². The lowest BCUT2D eigenvalue weighted by Crippen LogP contribution is -2.41. The summed E-state index contributed by atoms with van der Waals surface area (Å²) in [6.07, 6.45) is 1.92. The van der Waals surface area contributed by atoms with Crippen molar-refractivity contribution in [1.82, 2.24) is 4.90 Å². The van der Waals surface area contributed by atoms with Gasteiger partial charge in [0.15, 0.2) is 0 Å². The highest BCUT2D eigenvalue weighted by molar-refractivity contribution is 7.17. The first-order valence-electron chi connectivity index (χ1n) is 7.06. The molecule has 2 aromatic rings. The molecule has 2 nitrogen and oxygen atoms in total. The van der Waals surface area contributed by atoms with E-state index < -0.39 is 0 Å². The summed E-state index contributed by atoms with van der Waals surface area (Å²) in [6, 6.07) is 8.32. The highest BCUT2D eigenvalue weighted by Crippen LogP contribution is 2.27. The van der Waals surface area contributed by atoms with Crippen molar-refractivity contribution in [3.8, 4) is 0 Å². The van der Waals surface area contributed by atoms with Crippen molar-refractivity contribution in [2.45, 2.75) is 32.7 Å². The van der Waals surface area contributed by atoms with Crippen LogP contribution in [0, 0.1) is 0 Å². The molecule has 0 radical (unpaired) electrons. The summed E-state index contributed by atoms with van der Waals surface area (Å²) < 4.78 is 1.16. The second-order valence-corrected chi connectivity index (χ2v) is 6.09. The molecule has 1 heterocycles. The molecular weight excluding hydrogens is 290 g/mol. The molecule has 0 bridgehead atoms. The molecule has 20 heavy (non-hydrogen) atoms. The van der Waals surface area contributed by atoms with E-state index in [2.05, 4.69) is 19.9 Å². The molecule has 0 atom stereocenters. The molecule has 1 aromatic carbocycles. The third kappa shape index (κ3) is 2.99. The summed E-state index contributed by atoms with van der Waals surface area (Å²) in [4.78, 5) is 14.8. The van der Waals surface area contributed by atoms with Gasteiger partial charge in [0.05, 0.1) is 5.56 Å². The molecule has 0 unspecified atom stereocenters. The number of hydrogen-bond donors (Lipinski definition) is 0.